The first kappa shape index (κ1) is 19.1. The van der Waals surface area contributed by atoms with Crippen molar-refractivity contribution < 1.29 is 14.0 Å². The Hall–Kier alpha value is -2.70. The Morgan fingerprint density at radius 1 is 0.963 bits per heavy atom. The molecule has 0 saturated carbocycles. The minimum absolute atomic E-state index is 0.114. The van der Waals surface area contributed by atoms with Crippen LogP contribution in [0.2, 0.25) is 5.02 Å². The number of carbonyl (C=O) groups is 2. The lowest BCUT2D eigenvalue weighted by Gasteiger charge is -2.08. The average molecular weight is 401 g/mol. The number of rotatable bonds is 7. The van der Waals surface area contributed by atoms with E-state index in [1.807, 2.05) is 24.3 Å². The smallest absolute Gasteiger partial charge is 0.291 e. The predicted molar refractivity (Wildman–Crippen MR) is 109 cm³/mol. The topological polar surface area (TPSA) is 71.3 Å². The van der Waals surface area contributed by atoms with Crippen LogP contribution in [0, 0.1) is 0 Å². The number of benzene rings is 2. The normalized spacial score (nSPS) is 10.4. The van der Waals surface area contributed by atoms with E-state index in [0.717, 1.165) is 5.56 Å². The summed E-state index contributed by atoms with van der Waals surface area (Å²) >= 11 is 7.46. The fourth-order valence-electron chi connectivity index (χ4n) is 2.36. The Morgan fingerprint density at radius 3 is 2.48 bits per heavy atom. The van der Waals surface area contributed by atoms with Crippen molar-refractivity contribution in [3.63, 3.8) is 0 Å². The summed E-state index contributed by atoms with van der Waals surface area (Å²) < 4.78 is 5.06. The van der Waals surface area contributed by atoms with Crippen LogP contribution in [0.5, 0.6) is 0 Å². The standard InChI is InChI=1S/C20H17ClN2O3S/c21-15-5-1-4-14(10-15)12-27-13-19(24)22-16-6-2-7-17(11-16)23-20(25)18-8-3-9-26-18/h1-11H,12-13H2,(H,22,24)(H,23,25). The van der Waals surface area contributed by atoms with Crippen LogP contribution in [-0.2, 0) is 10.5 Å². The molecule has 0 bridgehead atoms. The van der Waals surface area contributed by atoms with Gasteiger partial charge in [-0.1, -0.05) is 29.8 Å². The molecule has 3 aromatic rings. The Labute approximate surface area is 166 Å². The predicted octanol–water partition coefficient (Wildman–Crippen LogP) is 5.06. The molecule has 0 radical (unpaired) electrons. The monoisotopic (exact) mass is 400 g/mol. The van der Waals surface area contributed by atoms with Gasteiger partial charge in [0.1, 0.15) is 0 Å². The van der Waals surface area contributed by atoms with Crippen molar-refractivity contribution >= 4 is 46.6 Å². The lowest BCUT2D eigenvalue weighted by molar-refractivity contribution is -0.113. The Bertz CT molecular complexity index is 928. The molecule has 0 saturated heterocycles. The molecule has 0 aliphatic carbocycles. The van der Waals surface area contributed by atoms with Gasteiger partial charge >= 0.3 is 0 Å². The second kappa shape index (κ2) is 9.30. The molecule has 138 valence electrons. The lowest BCUT2D eigenvalue weighted by atomic mass is 10.2. The number of amides is 2. The van der Waals surface area contributed by atoms with Crippen LogP contribution in [-0.4, -0.2) is 17.6 Å². The molecule has 2 amide bonds. The maximum atomic E-state index is 12.1. The van der Waals surface area contributed by atoms with Crippen LogP contribution in [0.15, 0.2) is 71.3 Å². The molecule has 0 spiro atoms. The average Bonchev–Trinajstić information content (AvgIpc) is 3.17. The fourth-order valence-corrected chi connectivity index (χ4v) is 3.35. The van der Waals surface area contributed by atoms with Crippen molar-refractivity contribution in [1.29, 1.82) is 0 Å². The molecule has 2 N–H and O–H groups in total. The van der Waals surface area contributed by atoms with Gasteiger partial charge in [-0.3, -0.25) is 9.59 Å². The maximum absolute atomic E-state index is 12.1. The third kappa shape index (κ3) is 5.91. The summed E-state index contributed by atoms with van der Waals surface area (Å²) in [5.74, 6) is 0.780. The van der Waals surface area contributed by atoms with Gasteiger partial charge in [0.15, 0.2) is 5.76 Å². The highest BCUT2D eigenvalue weighted by Gasteiger charge is 2.09. The zero-order valence-electron chi connectivity index (χ0n) is 14.3. The first-order valence-corrected chi connectivity index (χ1v) is 9.70. The van der Waals surface area contributed by atoms with Crippen molar-refractivity contribution in [2.75, 3.05) is 16.4 Å². The summed E-state index contributed by atoms with van der Waals surface area (Å²) in [6.07, 6.45) is 1.44. The highest BCUT2D eigenvalue weighted by molar-refractivity contribution is 7.99. The van der Waals surface area contributed by atoms with E-state index >= 15 is 0 Å². The number of nitrogens with one attached hydrogen (secondary N) is 2. The minimum Gasteiger partial charge on any atom is -0.459 e. The van der Waals surface area contributed by atoms with Crippen molar-refractivity contribution in [2.45, 2.75) is 5.75 Å². The van der Waals surface area contributed by atoms with Crippen molar-refractivity contribution in [1.82, 2.24) is 0 Å². The summed E-state index contributed by atoms with van der Waals surface area (Å²) in [5.41, 5.74) is 2.25. The Kier molecular flexibility index (Phi) is 6.57. The number of furan rings is 1. The summed E-state index contributed by atoms with van der Waals surface area (Å²) in [5, 5.41) is 6.24. The molecular weight excluding hydrogens is 384 g/mol. The summed E-state index contributed by atoms with van der Waals surface area (Å²) in [6, 6.07) is 17.8. The van der Waals surface area contributed by atoms with Gasteiger partial charge in [0, 0.05) is 22.2 Å². The number of anilines is 2. The number of hydrogen-bond acceptors (Lipinski definition) is 4. The van der Waals surface area contributed by atoms with Gasteiger partial charge in [0.05, 0.1) is 12.0 Å². The van der Waals surface area contributed by atoms with E-state index in [1.54, 1.807) is 36.4 Å². The SMILES string of the molecule is O=C(CSCc1cccc(Cl)c1)Nc1cccc(NC(=O)c2ccco2)c1. The maximum Gasteiger partial charge on any atom is 0.291 e. The number of halogens is 1. The number of carbonyl (C=O) groups excluding carboxylic acids is 2. The first-order valence-electron chi connectivity index (χ1n) is 8.17. The van der Waals surface area contributed by atoms with Gasteiger partial charge in [-0.05, 0) is 48.0 Å². The van der Waals surface area contributed by atoms with E-state index in [1.165, 1.54) is 18.0 Å². The minimum atomic E-state index is -0.347. The zero-order valence-corrected chi connectivity index (χ0v) is 15.8. The molecule has 5 nitrogen and oxygen atoms in total. The highest BCUT2D eigenvalue weighted by atomic mass is 35.5. The van der Waals surface area contributed by atoms with Crippen molar-refractivity contribution in [3.8, 4) is 0 Å². The highest BCUT2D eigenvalue weighted by Crippen LogP contribution is 2.19. The van der Waals surface area contributed by atoms with Crippen LogP contribution in [0.25, 0.3) is 0 Å². The lowest BCUT2D eigenvalue weighted by Crippen LogP contribution is -2.15. The van der Waals surface area contributed by atoms with E-state index in [2.05, 4.69) is 10.6 Å². The summed E-state index contributed by atoms with van der Waals surface area (Å²) in [7, 11) is 0. The van der Waals surface area contributed by atoms with Gasteiger partial charge in [0.2, 0.25) is 5.91 Å². The third-order valence-corrected chi connectivity index (χ3v) is 4.78. The third-order valence-electron chi connectivity index (χ3n) is 3.54. The Morgan fingerprint density at radius 2 is 1.74 bits per heavy atom. The van der Waals surface area contributed by atoms with Crippen molar-refractivity contribution in [2.24, 2.45) is 0 Å². The molecule has 1 aromatic heterocycles. The molecule has 27 heavy (non-hydrogen) atoms. The van der Waals surface area contributed by atoms with Gasteiger partial charge in [-0.25, -0.2) is 0 Å². The molecule has 0 atom stereocenters. The van der Waals surface area contributed by atoms with Crippen LogP contribution < -0.4 is 10.6 Å². The van der Waals surface area contributed by atoms with Gasteiger partial charge in [-0.15, -0.1) is 11.8 Å². The van der Waals surface area contributed by atoms with E-state index in [4.69, 9.17) is 16.0 Å². The first-order chi connectivity index (χ1) is 13.1. The number of hydrogen-bond donors (Lipinski definition) is 2. The van der Waals surface area contributed by atoms with Gasteiger partial charge < -0.3 is 15.1 Å². The van der Waals surface area contributed by atoms with E-state index in [9.17, 15) is 9.59 Å². The quantitative estimate of drug-likeness (QED) is 0.581. The molecule has 3 rings (SSSR count). The largest absolute Gasteiger partial charge is 0.459 e. The Balaban J connectivity index is 1.49. The van der Waals surface area contributed by atoms with Gasteiger partial charge in [-0.2, -0.15) is 0 Å². The summed E-state index contributed by atoms with van der Waals surface area (Å²) in [6.45, 7) is 0. The second-order valence-electron chi connectivity index (χ2n) is 5.68. The molecule has 0 aliphatic rings. The molecule has 1 heterocycles. The van der Waals surface area contributed by atoms with Crippen LogP contribution in [0.1, 0.15) is 16.1 Å². The van der Waals surface area contributed by atoms with Gasteiger partial charge in [0.25, 0.3) is 5.91 Å². The van der Waals surface area contributed by atoms with E-state index in [-0.39, 0.29) is 17.6 Å². The zero-order chi connectivity index (χ0) is 19.1. The molecule has 7 heteroatoms. The summed E-state index contributed by atoms with van der Waals surface area (Å²) in [4.78, 5) is 24.1. The number of thioether (sulfide) groups is 1. The molecular formula is C20H17ClN2O3S. The van der Waals surface area contributed by atoms with Crippen molar-refractivity contribution in [3.05, 3.63) is 83.3 Å². The van der Waals surface area contributed by atoms with Crippen LogP contribution >= 0.6 is 23.4 Å². The molecule has 0 aliphatic heterocycles. The van der Waals surface area contributed by atoms with Crippen LogP contribution in [0.3, 0.4) is 0 Å². The molecule has 0 unspecified atom stereocenters. The molecule has 0 fully saturated rings. The van der Waals surface area contributed by atoms with E-state index in [0.29, 0.717) is 27.9 Å². The molecule has 2 aromatic carbocycles. The second-order valence-corrected chi connectivity index (χ2v) is 7.11. The fraction of sp³-hybridized carbons (Fsp3) is 0.100. The van der Waals surface area contributed by atoms with Crippen LogP contribution in [0.4, 0.5) is 11.4 Å². The van der Waals surface area contributed by atoms with E-state index < -0.39 is 0 Å².